The summed E-state index contributed by atoms with van der Waals surface area (Å²) in [6.07, 6.45) is 3.65. The first-order valence-corrected chi connectivity index (χ1v) is 4.34. The maximum Gasteiger partial charge on any atom is 0.365 e. The highest BCUT2D eigenvalue weighted by Crippen LogP contribution is 2.31. The Morgan fingerprint density at radius 1 is 1.57 bits per heavy atom. The molecule has 2 rings (SSSR count). The molecule has 0 atom stereocenters. The van der Waals surface area contributed by atoms with E-state index in [1.54, 1.807) is 6.20 Å². The van der Waals surface area contributed by atoms with Gasteiger partial charge in [0.25, 0.3) is 0 Å². The smallest absolute Gasteiger partial charge is 0.365 e. The molecule has 0 radical (unpaired) electrons. The van der Waals surface area contributed by atoms with Gasteiger partial charge >= 0.3 is 5.97 Å². The average molecular weight is 196 g/mol. The van der Waals surface area contributed by atoms with Crippen molar-refractivity contribution in [3.8, 4) is 0 Å². The zero-order valence-electron chi connectivity index (χ0n) is 7.38. The highest BCUT2D eigenvalue weighted by Gasteiger charge is 2.22. The summed E-state index contributed by atoms with van der Waals surface area (Å²) >= 11 is 0. The number of fused-ring (bicyclic) bond motifs is 1. The van der Waals surface area contributed by atoms with Gasteiger partial charge in [0.2, 0.25) is 5.83 Å². The molecule has 0 saturated heterocycles. The molecule has 2 N–H and O–H groups in total. The van der Waals surface area contributed by atoms with Crippen LogP contribution in [0.4, 0.5) is 4.39 Å². The number of nitrogens with zero attached hydrogens (tertiary/aromatic N) is 1. The van der Waals surface area contributed by atoms with E-state index < -0.39 is 11.8 Å². The minimum Gasteiger partial charge on any atom is -0.476 e. The van der Waals surface area contributed by atoms with E-state index in [0.29, 0.717) is 12.1 Å². The third-order valence-corrected chi connectivity index (χ3v) is 2.35. The van der Waals surface area contributed by atoms with Gasteiger partial charge in [0, 0.05) is 5.57 Å². The molecule has 1 aliphatic rings. The van der Waals surface area contributed by atoms with Gasteiger partial charge in [0.15, 0.2) is 0 Å². The van der Waals surface area contributed by atoms with Gasteiger partial charge in [-0.05, 0) is 24.8 Å². The quantitative estimate of drug-likeness (QED) is 0.669. The van der Waals surface area contributed by atoms with Gasteiger partial charge in [-0.1, -0.05) is 0 Å². The van der Waals surface area contributed by atoms with Crippen LogP contribution in [0.15, 0.2) is 12.0 Å². The van der Waals surface area contributed by atoms with E-state index in [9.17, 15) is 9.18 Å². The van der Waals surface area contributed by atoms with E-state index in [4.69, 9.17) is 5.11 Å². The standard InChI is InChI=1S/C9H9FN2O2/c10-7(9(13)14)6-3-1-2-5-4-11-12-8(5)6/h4H,1-3H2,(H,11,12)(H,13,14). The number of aryl methyl sites for hydroxylation is 1. The fraction of sp³-hybridized carbons (Fsp3) is 0.333. The molecule has 0 unspecified atom stereocenters. The summed E-state index contributed by atoms with van der Waals surface area (Å²) in [5.74, 6) is -2.59. The summed E-state index contributed by atoms with van der Waals surface area (Å²) in [6.45, 7) is 0. The van der Waals surface area contributed by atoms with Crippen LogP contribution in [0.3, 0.4) is 0 Å². The number of carboxylic acids is 1. The first-order valence-electron chi connectivity index (χ1n) is 4.34. The van der Waals surface area contributed by atoms with Crippen LogP contribution in [0.1, 0.15) is 24.1 Å². The zero-order valence-corrected chi connectivity index (χ0v) is 7.38. The molecule has 0 aliphatic heterocycles. The van der Waals surface area contributed by atoms with Gasteiger partial charge in [0.05, 0.1) is 11.9 Å². The van der Waals surface area contributed by atoms with E-state index in [1.165, 1.54) is 0 Å². The zero-order chi connectivity index (χ0) is 10.1. The molecule has 0 amide bonds. The summed E-state index contributed by atoms with van der Waals surface area (Å²) in [7, 11) is 0. The Labute approximate surface area is 79.4 Å². The van der Waals surface area contributed by atoms with Gasteiger partial charge in [-0.2, -0.15) is 9.49 Å². The van der Waals surface area contributed by atoms with E-state index in [-0.39, 0.29) is 5.57 Å². The van der Waals surface area contributed by atoms with Crippen molar-refractivity contribution in [2.24, 2.45) is 0 Å². The first-order chi connectivity index (χ1) is 6.70. The fourth-order valence-corrected chi connectivity index (χ4v) is 1.69. The van der Waals surface area contributed by atoms with Crippen molar-refractivity contribution >= 4 is 11.5 Å². The lowest BCUT2D eigenvalue weighted by molar-refractivity contribution is -0.134. The van der Waals surface area contributed by atoms with E-state index >= 15 is 0 Å². The van der Waals surface area contributed by atoms with E-state index in [2.05, 4.69) is 10.2 Å². The summed E-state index contributed by atoms with van der Waals surface area (Å²) in [5.41, 5.74) is 1.66. The number of carboxylic acid groups (broad SMARTS) is 1. The number of carbonyl (C=O) groups is 1. The lowest BCUT2D eigenvalue weighted by Crippen LogP contribution is -2.06. The Morgan fingerprint density at radius 3 is 3.07 bits per heavy atom. The predicted molar refractivity (Wildman–Crippen MR) is 47.2 cm³/mol. The molecule has 0 fully saturated rings. The van der Waals surface area contributed by atoms with Gasteiger partial charge in [-0.15, -0.1) is 0 Å². The second-order valence-corrected chi connectivity index (χ2v) is 3.22. The lowest BCUT2D eigenvalue weighted by atomic mass is 9.92. The average Bonchev–Trinajstić information content (AvgIpc) is 2.63. The van der Waals surface area contributed by atoms with Gasteiger partial charge in [0.1, 0.15) is 0 Å². The van der Waals surface area contributed by atoms with Crippen molar-refractivity contribution < 1.29 is 14.3 Å². The van der Waals surface area contributed by atoms with Crippen LogP contribution in [-0.4, -0.2) is 21.3 Å². The third kappa shape index (κ3) is 1.30. The van der Waals surface area contributed by atoms with Crippen LogP contribution in [0.2, 0.25) is 0 Å². The largest absolute Gasteiger partial charge is 0.476 e. The number of hydrogen-bond acceptors (Lipinski definition) is 2. The number of nitrogens with one attached hydrogen (secondary N) is 1. The lowest BCUT2D eigenvalue weighted by Gasteiger charge is -2.13. The van der Waals surface area contributed by atoms with Crippen LogP contribution in [-0.2, 0) is 11.2 Å². The molecule has 1 aliphatic carbocycles. The molecule has 5 heteroatoms. The Bertz CT molecular complexity index is 409. The molecule has 0 spiro atoms. The Morgan fingerprint density at radius 2 is 2.36 bits per heavy atom. The van der Waals surface area contributed by atoms with Crippen LogP contribution >= 0.6 is 0 Å². The van der Waals surface area contributed by atoms with Crippen molar-refractivity contribution in [3.63, 3.8) is 0 Å². The maximum absolute atomic E-state index is 13.2. The van der Waals surface area contributed by atoms with Crippen molar-refractivity contribution in [1.82, 2.24) is 10.2 Å². The van der Waals surface area contributed by atoms with Gasteiger partial charge in [-0.25, -0.2) is 4.79 Å². The minimum atomic E-state index is -1.51. The third-order valence-electron chi connectivity index (χ3n) is 2.35. The Hall–Kier alpha value is -1.65. The first kappa shape index (κ1) is 8.93. The van der Waals surface area contributed by atoms with Gasteiger partial charge in [-0.3, -0.25) is 5.10 Å². The number of hydrogen-bond donors (Lipinski definition) is 2. The molecule has 1 aromatic rings. The number of rotatable bonds is 1. The second-order valence-electron chi connectivity index (χ2n) is 3.22. The van der Waals surface area contributed by atoms with Gasteiger partial charge < -0.3 is 5.11 Å². The van der Waals surface area contributed by atoms with Crippen LogP contribution < -0.4 is 0 Å². The molecule has 0 saturated carbocycles. The molecule has 0 bridgehead atoms. The molecular weight excluding hydrogens is 187 g/mol. The van der Waals surface area contributed by atoms with Crippen LogP contribution in [0.25, 0.3) is 5.57 Å². The topological polar surface area (TPSA) is 66.0 Å². The highest BCUT2D eigenvalue weighted by molar-refractivity contribution is 5.94. The number of aromatic amines is 1. The van der Waals surface area contributed by atoms with E-state index in [0.717, 1.165) is 18.4 Å². The van der Waals surface area contributed by atoms with Crippen LogP contribution in [0, 0.1) is 0 Å². The summed E-state index contributed by atoms with van der Waals surface area (Å²) in [5, 5.41) is 14.9. The molecule has 4 nitrogen and oxygen atoms in total. The van der Waals surface area contributed by atoms with Crippen molar-refractivity contribution in [2.45, 2.75) is 19.3 Å². The molecule has 1 aromatic heterocycles. The summed E-state index contributed by atoms with van der Waals surface area (Å²) < 4.78 is 13.2. The molecular formula is C9H9FN2O2. The number of aliphatic carboxylic acids is 1. The Balaban J connectivity index is 2.51. The van der Waals surface area contributed by atoms with Crippen molar-refractivity contribution in [1.29, 1.82) is 0 Å². The molecule has 74 valence electrons. The Kier molecular flexibility index (Phi) is 2.07. The highest BCUT2D eigenvalue weighted by atomic mass is 19.1. The molecule has 0 aromatic carbocycles. The normalized spacial score (nSPS) is 18.9. The number of H-pyrrole nitrogens is 1. The SMILES string of the molecule is O=C(O)C(F)=C1CCCc2cn[nH]c21. The minimum absolute atomic E-state index is 0.233. The summed E-state index contributed by atoms with van der Waals surface area (Å²) in [6, 6.07) is 0. The predicted octanol–water partition coefficient (Wildman–Crippen LogP) is 1.51. The van der Waals surface area contributed by atoms with E-state index in [1.807, 2.05) is 0 Å². The fourth-order valence-electron chi connectivity index (χ4n) is 1.69. The van der Waals surface area contributed by atoms with Crippen molar-refractivity contribution in [2.75, 3.05) is 0 Å². The summed E-state index contributed by atoms with van der Waals surface area (Å²) in [4.78, 5) is 10.5. The molecule has 14 heavy (non-hydrogen) atoms. The maximum atomic E-state index is 13.2. The number of allylic oxidation sites excluding steroid dienone is 1. The second kappa shape index (κ2) is 3.25. The number of halogens is 1. The van der Waals surface area contributed by atoms with Crippen molar-refractivity contribution in [3.05, 3.63) is 23.3 Å². The number of aromatic nitrogens is 2. The van der Waals surface area contributed by atoms with Crippen LogP contribution in [0.5, 0.6) is 0 Å². The monoisotopic (exact) mass is 196 g/mol. The molecule has 1 heterocycles.